The number of nitrogens with zero attached hydrogens (tertiary/aromatic N) is 1. The Morgan fingerprint density at radius 2 is 0.806 bits per heavy atom. The van der Waals surface area contributed by atoms with Crippen LogP contribution in [0.1, 0.15) is 264 Å². The topological polar surface area (TPSA) is 108 Å². The van der Waals surface area contributed by atoms with Gasteiger partial charge in [-0.15, -0.1) is 0 Å². The van der Waals surface area contributed by atoms with Crippen molar-refractivity contribution in [2.75, 3.05) is 47.5 Å². The molecule has 2 unspecified atom stereocenters. The number of carbonyl (C=O) groups is 2. The number of unbranched alkanes of at least 4 members (excludes halogenated alkanes) is 32. The average Bonchev–Trinajstić information content (AvgIpc) is 3.29. The molecular formula is C57H109NO8P+. The monoisotopic (exact) mass is 967 g/mol. The Balaban J connectivity index is 4.01. The lowest BCUT2D eigenvalue weighted by Gasteiger charge is -2.24. The lowest BCUT2D eigenvalue weighted by molar-refractivity contribution is -0.870. The van der Waals surface area contributed by atoms with Crippen LogP contribution in [0.3, 0.4) is 0 Å². The zero-order valence-electron chi connectivity index (χ0n) is 44.6. The Morgan fingerprint density at radius 1 is 0.463 bits per heavy atom. The molecule has 0 heterocycles. The number of ether oxygens (including phenoxy) is 2. The van der Waals surface area contributed by atoms with Gasteiger partial charge in [0.1, 0.15) is 19.8 Å². The van der Waals surface area contributed by atoms with Crippen LogP contribution in [0.25, 0.3) is 0 Å². The molecule has 0 aliphatic heterocycles. The van der Waals surface area contributed by atoms with Gasteiger partial charge >= 0.3 is 19.8 Å². The van der Waals surface area contributed by atoms with Crippen LogP contribution in [0.15, 0.2) is 36.5 Å². The highest BCUT2D eigenvalue weighted by molar-refractivity contribution is 7.47. The van der Waals surface area contributed by atoms with E-state index in [0.29, 0.717) is 17.4 Å². The maximum atomic E-state index is 12.8. The summed E-state index contributed by atoms with van der Waals surface area (Å²) in [5.41, 5.74) is 0. The van der Waals surface area contributed by atoms with Crippen molar-refractivity contribution in [2.24, 2.45) is 0 Å². The van der Waals surface area contributed by atoms with E-state index in [4.69, 9.17) is 18.5 Å². The summed E-state index contributed by atoms with van der Waals surface area (Å²) in [5, 5.41) is 0. The summed E-state index contributed by atoms with van der Waals surface area (Å²) < 4.78 is 34.5. The molecule has 0 spiro atoms. The third kappa shape index (κ3) is 53.4. The maximum Gasteiger partial charge on any atom is 0.472 e. The molecule has 1 N–H and O–H groups in total. The summed E-state index contributed by atoms with van der Waals surface area (Å²) >= 11 is 0. The molecular weight excluding hydrogens is 858 g/mol. The largest absolute Gasteiger partial charge is 0.472 e. The van der Waals surface area contributed by atoms with Crippen molar-refractivity contribution in [1.82, 2.24) is 0 Å². The van der Waals surface area contributed by atoms with Crippen LogP contribution in [-0.4, -0.2) is 74.9 Å². The molecule has 0 bridgehead atoms. The van der Waals surface area contributed by atoms with Crippen molar-refractivity contribution in [3.05, 3.63) is 36.5 Å². The van der Waals surface area contributed by atoms with Gasteiger partial charge in [0.2, 0.25) is 0 Å². The number of rotatable bonds is 52. The molecule has 67 heavy (non-hydrogen) atoms. The summed E-state index contributed by atoms with van der Waals surface area (Å²) in [6, 6.07) is 0. The Morgan fingerprint density at radius 3 is 1.22 bits per heavy atom. The normalized spacial score (nSPS) is 13.6. The van der Waals surface area contributed by atoms with Gasteiger partial charge in [-0.25, -0.2) is 4.57 Å². The summed E-state index contributed by atoms with van der Waals surface area (Å²) in [4.78, 5) is 35.5. The van der Waals surface area contributed by atoms with Crippen LogP contribution in [0, 0.1) is 0 Å². The SMILES string of the molecule is CCCCC/C=C\CCCCCCCC(=O)OCC(COP(=O)(O)OCC[N+](C)(C)C)OC(=O)CCCCCCCCCCCCCCCCCCCCC/C=C\C/C=C\CCCCCCC. The number of phosphoric acid groups is 1. The number of hydrogen-bond donors (Lipinski definition) is 1. The Labute approximate surface area is 414 Å². The number of hydrogen-bond acceptors (Lipinski definition) is 7. The molecule has 0 radical (unpaired) electrons. The zero-order valence-corrected chi connectivity index (χ0v) is 45.5. The highest BCUT2D eigenvalue weighted by atomic mass is 31.2. The average molecular weight is 967 g/mol. The van der Waals surface area contributed by atoms with Crippen molar-refractivity contribution < 1.29 is 42.1 Å². The molecule has 10 heteroatoms. The van der Waals surface area contributed by atoms with Gasteiger partial charge in [0.15, 0.2) is 6.10 Å². The lowest BCUT2D eigenvalue weighted by atomic mass is 10.0. The quantitative estimate of drug-likeness (QED) is 0.0211. The van der Waals surface area contributed by atoms with E-state index in [9.17, 15) is 19.0 Å². The molecule has 0 fully saturated rings. The number of esters is 2. The number of phosphoric ester groups is 1. The third-order valence-corrected chi connectivity index (χ3v) is 13.4. The van der Waals surface area contributed by atoms with Gasteiger partial charge in [-0.1, -0.05) is 217 Å². The third-order valence-electron chi connectivity index (χ3n) is 12.4. The van der Waals surface area contributed by atoms with Crippen LogP contribution in [0.4, 0.5) is 0 Å². The fourth-order valence-corrected chi connectivity index (χ4v) is 8.72. The van der Waals surface area contributed by atoms with Gasteiger partial charge in [0.05, 0.1) is 27.7 Å². The van der Waals surface area contributed by atoms with Crippen LogP contribution >= 0.6 is 7.82 Å². The molecule has 0 saturated heterocycles. The van der Waals surface area contributed by atoms with Crippen molar-refractivity contribution in [1.29, 1.82) is 0 Å². The van der Waals surface area contributed by atoms with Gasteiger partial charge < -0.3 is 18.9 Å². The highest BCUT2D eigenvalue weighted by Gasteiger charge is 2.27. The first-order valence-corrected chi connectivity index (χ1v) is 29.7. The van der Waals surface area contributed by atoms with Gasteiger partial charge in [-0.3, -0.25) is 18.6 Å². The molecule has 0 rings (SSSR count). The first-order valence-electron chi connectivity index (χ1n) is 28.2. The van der Waals surface area contributed by atoms with Gasteiger partial charge in [-0.05, 0) is 70.6 Å². The first-order chi connectivity index (χ1) is 32.5. The Kier molecular flexibility index (Phi) is 47.9. The molecule has 9 nitrogen and oxygen atoms in total. The highest BCUT2D eigenvalue weighted by Crippen LogP contribution is 2.43. The van der Waals surface area contributed by atoms with Crippen molar-refractivity contribution in [2.45, 2.75) is 270 Å². The zero-order chi connectivity index (χ0) is 49.2. The van der Waals surface area contributed by atoms with Crippen molar-refractivity contribution >= 4 is 19.8 Å². The van der Waals surface area contributed by atoms with Crippen LogP contribution < -0.4 is 0 Å². The molecule has 0 aliphatic rings. The number of carbonyl (C=O) groups excluding carboxylic acids is 2. The second-order valence-corrected chi connectivity index (χ2v) is 21.8. The fraction of sp³-hybridized carbons (Fsp3) is 0.860. The maximum absolute atomic E-state index is 12.8. The van der Waals surface area contributed by atoms with Crippen LogP contribution in [0.2, 0.25) is 0 Å². The van der Waals surface area contributed by atoms with E-state index in [1.165, 1.54) is 173 Å². The van der Waals surface area contributed by atoms with Crippen LogP contribution in [0.5, 0.6) is 0 Å². The summed E-state index contributed by atoms with van der Waals surface area (Å²) in [7, 11) is 1.48. The van der Waals surface area contributed by atoms with Gasteiger partial charge in [0.25, 0.3) is 0 Å². The van der Waals surface area contributed by atoms with E-state index < -0.39 is 26.5 Å². The summed E-state index contributed by atoms with van der Waals surface area (Å²) in [5.74, 6) is -0.799. The van der Waals surface area contributed by atoms with Gasteiger partial charge in [0, 0.05) is 12.8 Å². The van der Waals surface area contributed by atoms with Crippen molar-refractivity contribution in [3.63, 3.8) is 0 Å². The molecule has 0 aromatic rings. The lowest BCUT2D eigenvalue weighted by Crippen LogP contribution is -2.37. The summed E-state index contributed by atoms with van der Waals surface area (Å²) in [6.45, 7) is 4.41. The first kappa shape index (κ1) is 65.2. The van der Waals surface area contributed by atoms with Crippen LogP contribution in [-0.2, 0) is 32.7 Å². The molecule has 0 aromatic carbocycles. The second-order valence-electron chi connectivity index (χ2n) is 20.3. The fourth-order valence-electron chi connectivity index (χ4n) is 7.98. The predicted molar refractivity (Wildman–Crippen MR) is 284 cm³/mol. The number of likely N-dealkylation sites (N-methyl/N-ethyl adjacent to an activating group) is 1. The summed E-state index contributed by atoms with van der Waals surface area (Å²) in [6.07, 6.45) is 59.4. The molecule has 2 atom stereocenters. The molecule has 0 aromatic heterocycles. The van der Waals surface area contributed by atoms with Crippen molar-refractivity contribution in [3.8, 4) is 0 Å². The van der Waals surface area contributed by atoms with E-state index in [2.05, 4.69) is 50.3 Å². The van der Waals surface area contributed by atoms with E-state index in [1.807, 2.05) is 21.1 Å². The van der Waals surface area contributed by atoms with E-state index in [0.717, 1.165) is 57.8 Å². The van der Waals surface area contributed by atoms with E-state index in [-0.39, 0.29) is 32.0 Å². The number of allylic oxidation sites excluding steroid dienone is 6. The van der Waals surface area contributed by atoms with E-state index in [1.54, 1.807) is 0 Å². The predicted octanol–water partition coefficient (Wildman–Crippen LogP) is 17.2. The van der Waals surface area contributed by atoms with E-state index >= 15 is 0 Å². The molecule has 394 valence electrons. The number of quaternary nitrogens is 1. The Hall–Kier alpha value is -1.77. The minimum atomic E-state index is -4.38. The molecule has 0 amide bonds. The molecule has 0 saturated carbocycles. The standard InChI is InChI=1S/C57H108NO8P/c1-6-8-10-12-14-16-18-20-21-22-23-24-25-26-27-28-29-30-31-32-33-34-35-36-37-38-40-42-44-46-48-50-57(60)66-55(54-65-67(61,62)64-52-51-58(3,4)5)53-63-56(59)49-47-45-43-41-39-19-17-15-13-11-9-7-2/h15,17-18,20,22-23,55H,6-14,16,19,21,24-54H2,1-5H3/p+1/b17-15-,20-18-,23-22-. The Bertz CT molecular complexity index is 1230. The smallest absolute Gasteiger partial charge is 0.462 e. The minimum Gasteiger partial charge on any atom is -0.462 e. The molecule has 0 aliphatic carbocycles. The second kappa shape index (κ2) is 49.2. The van der Waals surface area contributed by atoms with Gasteiger partial charge in [-0.2, -0.15) is 0 Å². The minimum absolute atomic E-state index is 0.0319.